The number of carbonyl (C=O) groups is 1. The highest BCUT2D eigenvalue weighted by atomic mass is 32.2. The Labute approximate surface area is 200 Å². The van der Waals surface area contributed by atoms with Gasteiger partial charge in [0.2, 0.25) is 5.91 Å². The summed E-state index contributed by atoms with van der Waals surface area (Å²) in [5.41, 5.74) is 3.68. The van der Waals surface area contributed by atoms with Crippen LogP contribution in [0.5, 0.6) is 0 Å². The quantitative estimate of drug-likeness (QED) is 0.352. The number of hydrogen-bond donors (Lipinski definition) is 1. The van der Waals surface area contributed by atoms with Gasteiger partial charge >= 0.3 is 0 Å². The zero-order valence-corrected chi connectivity index (χ0v) is 19.5. The molecule has 0 bridgehead atoms. The Balaban J connectivity index is 1.27. The molecule has 1 fully saturated rings. The van der Waals surface area contributed by atoms with Crippen LogP contribution < -0.4 is 10.5 Å². The number of hydrogen-bond acceptors (Lipinski definition) is 5. The summed E-state index contributed by atoms with van der Waals surface area (Å²) >= 11 is 1.28. The zero-order chi connectivity index (χ0) is 23.7. The van der Waals surface area contributed by atoms with Gasteiger partial charge in [-0.3, -0.25) is 14.2 Å². The van der Waals surface area contributed by atoms with Gasteiger partial charge in [0.15, 0.2) is 5.16 Å². The summed E-state index contributed by atoms with van der Waals surface area (Å²) in [5.74, 6) is -0.0465. The predicted molar refractivity (Wildman–Crippen MR) is 133 cm³/mol. The number of carbonyl (C=O) groups excluding carboxylic acids is 1. The summed E-state index contributed by atoms with van der Waals surface area (Å²) in [5, 5.41) is 0.507. The minimum absolute atomic E-state index is 0.00968. The van der Waals surface area contributed by atoms with Crippen LogP contribution in [0.2, 0.25) is 0 Å². The van der Waals surface area contributed by atoms with Crippen molar-refractivity contribution in [3.8, 4) is 11.1 Å². The number of aromatic nitrogens is 3. The van der Waals surface area contributed by atoms with E-state index in [-0.39, 0.29) is 23.0 Å². The van der Waals surface area contributed by atoms with Gasteiger partial charge in [0.25, 0.3) is 5.56 Å². The Bertz CT molecular complexity index is 1380. The molecule has 2 aromatic carbocycles. The van der Waals surface area contributed by atoms with Gasteiger partial charge in [-0.1, -0.05) is 42.1 Å². The van der Waals surface area contributed by atoms with Gasteiger partial charge < -0.3 is 14.8 Å². The number of aromatic amines is 1. The molecule has 7 nitrogen and oxygen atoms in total. The van der Waals surface area contributed by atoms with Crippen molar-refractivity contribution < 1.29 is 9.18 Å². The number of fused-ring (bicyclic) bond motifs is 1. The largest absolute Gasteiger partial charge is 0.368 e. The lowest BCUT2D eigenvalue weighted by atomic mass is 10.1. The van der Waals surface area contributed by atoms with E-state index in [0.717, 1.165) is 16.8 Å². The number of nitrogens with one attached hydrogen (secondary N) is 1. The molecule has 3 heterocycles. The number of anilines is 1. The second kappa shape index (κ2) is 9.34. The number of rotatable bonds is 5. The number of halogens is 1. The van der Waals surface area contributed by atoms with Gasteiger partial charge in [0, 0.05) is 50.7 Å². The summed E-state index contributed by atoms with van der Waals surface area (Å²) in [6.45, 7) is 2.57. The molecule has 5 rings (SSSR count). The SMILES string of the molecule is Cn1c(SCC(=O)N2CCN(c3ccc(F)cc3)CC2)nc2c(-c3ccccc3)c[nH]c2c1=O. The molecule has 4 aromatic rings. The molecule has 0 saturated carbocycles. The summed E-state index contributed by atoms with van der Waals surface area (Å²) in [6, 6.07) is 16.2. The molecular weight excluding hydrogens is 453 g/mol. The fourth-order valence-corrected chi connectivity index (χ4v) is 5.04. The second-order valence-corrected chi connectivity index (χ2v) is 9.13. The summed E-state index contributed by atoms with van der Waals surface area (Å²) in [4.78, 5) is 37.5. The van der Waals surface area contributed by atoms with Crippen LogP contribution in [0, 0.1) is 5.82 Å². The fourth-order valence-electron chi connectivity index (χ4n) is 4.17. The maximum atomic E-state index is 13.2. The van der Waals surface area contributed by atoms with E-state index in [9.17, 15) is 14.0 Å². The van der Waals surface area contributed by atoms with Crippen molar-refractivity contribution in [2.24, 2.45) is 7.05 Å². The third kappa shape index (κ3) is 4.31. The van der Waals surface area contributed by atoms with Crippen molar-refractivity contribution in [1.29, 1.82) is 0 Å². The number of benzene rings is 2. The zero-order valence-electron chi connectivity index (χ0n) is 18.7. The van der Waals surface area contributed by atoms with E-state index in [1.54, 1.807) is 25.4 Å². The highest BCUT2D eigenvalue weighted by Gasteiger charge is 2.22. The van der Waals surface area contributed by atoms with E-state index >= 15 is 0 Å². The molecule has 1 amide bonds. The molecule has 0 spiro atoms. The third-order valence-corrected chi connectivity index (χ3v) is 7.11. The van der Waals surface area contributed by atoms with Crippen molar-refractivity contribution in [3.63, 3.8) is 0 Å². The lowest BCUT2D eigenvalue weighted by Gasteiger charge is -2.36. The maximum absolute atomic E-state index is 13.2. The lowest BCUT2D eigenvalue weighted by Crippen LogP contribution is -2.49. The molecule has 0 radical (unpaired) electrons. The summed E-state index contributed by atoms with van der Waals surface area (Å²) in [6.07, 6.45) is 1.80. The van der Waals surface area contributed by atoms with Gasteiger partial charge in [0.1, 0.15) is 16.9 Å². The number of nitrogens with zero attached hydrogens (tertiary/aromatic N) is 4. The van der Waals surface area contributed by atoms with Gasteiger partial charge in [-0.2, -0.15) is 0 Å². The molecule has 1 aliphatic rings. The summed E-state index contributed by atoms with van der Waals surface area (Å²) < 4.78 is 14.7. The molecule has 34 heavy (non-hydrogen) atoms. The topological polar surface area (TPSA) is 74.2 Å². The van der Waals surface area contributed by atoms with E-state index < -0.39 is 0 Å². The predicted octanol–water partition coefficient (Wildman–Crippen LogP) is 3.51. The van der Waals surface area contributed by atoms with E-state index in [2.05, 4.69) is 9.88 Å². The number of H-pyrrole nitrogens is 1. The Morgan fingerprint density at radius 1 is 1.06 bits per heavy atom. The van der Waals surface area contributed by atoms with Gasteiger partial charge in [-0.25, -0.2) is 9.37 Å². The normalized spacial score (nSPS) is 14.1. The van der Waals surface area contributed by atoms with Gasteiger partial charge in [-0.15, -0.1) is 0 Å². The third-order valence-electron chi connectivity index (χ3n) is 6.10. The smallest absolute Gasteiger partial charge is 0.278 e. The fraction of sp³-hybridized carbons (Fsp3) is 0.240. The number of piperazine rings is 1. The van der Waals surface area contributed by atoms with E-state index in [0.29, 0.717) is 42.4 Å². The molecule has 1 N–H and O–H groups in total. The maximum Gasteiger partial charge on any atom is 0.278 e. The molecule has 0 unspecified atom stereocenters. The number of amides is 1. The first-order valence-electron chi connectivity index (χ1n) is 11.1. The highest BCUT2D eigenvalue weighted by Crippen LogP contribution is 2.27. The first-order valence-corrected chi connectivity index (χ1v) is 12.0. The lowest BCUT2D eigenvalue weighted by molar-refractivity contribution is -0.128. The summed E-state index contributed by atoms with van der Waals surface area (Å²) in [7, 11) is 1.67. The van der Waals surface area contributed by atoms with Crippen molar-refractivity contribution in [1.82, 2.24) is 19.4 Å². The van der Waals surface area contributed by atoms with Crippen molar-refractivity contribution >= 4 is 34.4 Å². The molecule has 174 valence electrons. The van der Waals surface area contributed by atoms with Crippen LogP contribution in [0.25, 0.3) is 22.2 Å². The average molecular weight is 478 g/mol. The van der Waals surface area contributed by atoms with E-state index in [4.69, 9.17) is 4.98 Å². The molecule has 1 aliphatic heterocycles. The van der Waals surface area contributed by atoms with Crippen LogP contribution in [0.4, 0.5) is 10.1 Å². The van der Waals surface area contributed by atoms with Crippen molar-refractivity contribution in [2.45, 2.75) is 5.16 Å². The van der Waals surface area contributed by atoms with E-state index in [1.165, 1.54) is 28.5 Å². The Morgan fingerprint density at radius 3 is 2.47 bits per heavy atom. The van der Waals surface area contributed by atoms with Crippen molar-refractivity contribution in [3.05, 3.63) is 77.0 Å². The molecule has 0 atom stereocenters. The van der Waals surface area contributed by atoms with Crippen LogP contribution in [-0.2, 0) is 11.8 Å². The van der Waals surface area contributed by atoms with Crippen LogP contribution in [-0.4, -0.2) is 57.3 Å². The monoisotopic (exact) mass is 477 g/mol. The van der Waals surface area contributed by atoms with Gasteiger partial charge in [0.05, 0.1) is 5.75 Å². The average Bonchev–Trinajstić information content (AvgIpc) is 3.30. The minimum atomic E-state index is -0.258. The molecule has 0 aliphatic carbocycles. The van der Waals surface area contributed by atoms with E-state index in [1.807, 2.05) is 35.2 Å². The Morgan fingerprint density at radius 2 is 1.76 bits per heavy atom. The van der Waals surface area contributed by atoms with Crippen LogP contribution in [0.15, 0.2) is 70.7 Å². The standard InChI is InChI=1S/C25H24FN5O2S/c1-29-24(33)23-22(20(15-27-23)17-5-3-2-4-6-17)28-25(29)34-16-21(32)31-13-11-30(12-14-31)19-9-7-18(26)8-10-19/h2-10,15,27H,11-14,16H2,1H3. The van der Waals surface area contributed by atoms with Gasteiger partial charge in [-0.05, 0) is 29.8 Å². The Kier molecular flexibility index (Phi) is 6.10. The molecular formula is C25H24FN5O2S. The van der Waals surface area contributed by atoms with Crippen LogP contribution in [0.1, 0.15) is 0 Å². The first-order chi connectivity index (χ1) is 16.5. The highest BCUT2D eigenvalue weighted by molar-refractivity contribution is 7.99. The van der Waals surface area contributed by atoms with Crippen molar-refractivity contribution in [2.75, 3.05) is 36.8 Å². The number of thioether (sulfide) groups is 1. The van der Waals surface area contributed by atoms with Crippen LogP contribution >= 0.6 is 11.8 Å². The molecule has 1 saturated heterocycles. The van der Waals surface area contributed by atoms with Crippen LogP contribution in [0.3, 0.4) is 0 Å². The first kappa shape index (κ1) is 22.2. The Hall–Kier alpha value is -3.59. The minimum Gasteiger partial charge on any atom is -0.368 e. The molecule has 9 heteroatoms. The second-order valence-electron chi connectivity index (χ2n) is 8.18. The molecule has 2 aromatic heterocycles.